The van der Waals surface area contributed by atoms with E-state index >= 15 is 0 Å². The summed E-state index contributed by atoms with van der Waals surface area (Å²) in [5.74, 6) is 0.276. The molecular formula is C7H11N2O2. The molecule has 0 aromatic carbocycles. The van der Waals surface area contributed by atoms with Crippen LogP contribution in [-0.4, -0.2) is 11.9 Å². The number of hydrogen-bond acceptors (Lipinski definition) is 2. The molecule has 3 N–H and O–H groups in total. The Morgan fingerprint density at radius 3 is 2.64 bits per heavy atom. The van der Waals surface area contributed by atoms with Crippen molar-refractivity contribution in [3.05, 3.63) is 6.42 Å². The van der Waals surface area contributed by atoms with E-state index in [0.29, 0.717) is 5.92 Å². The van der Waals surface area contributed by atoms with Gasteiger partial charge >= 0.3 is 6.03 Å². The van der Waals surface area contributed by atoms with E-state index in [1.165, 1.54) is 19.3 Å². The lowest BCUT2D eigenvalue weighted by atomic mass is 10.2. The molecule has 0 aromatic heterocycles. The molecule has 0 unspecified atom stereocenters. The Balaban J connectivity index is 2.04. The number of amides is 3. The lowest BCUT2D eigenvalue weighted by Gasteiger charge is -1.97. The van der Waals surface area contributed by atoms with E-state index in [4.69, 9.17) is 5.73 Å². The number of urea groups is 1. The summed E-state index contributed by atoms with van der Waals surface area (Å²) in [4.78, 5) is 20.9. The van der Waals surface area contributed by atoms with Gasteiger partial charge in [-0.25, -0.2) is 4.79 Å². The van der Waals surface area contributed by atoms with Crippen LogP contribution in [0.2, 0.25) is 0 Å². The zero-order chi connectivity index (χ0) is 8.27. The summed E-state index contributed by atoms with van der Waals surface area (Å²) in [6.07, 6.45) is 4.63. The molecule has 11 heavy (non-hydrogen) atoms. The van der Waals surface area contributed by atoms with E-state index in [0.717, 1.165) is 6.42 Å². The third-order valence-electron chi connectivity index (χ3n) is 1.58. The van der Waals surface area contributed by atoms with Gasteiger partial charge in [0, 0.05) is 0 Å². The zero-order valence-corrected chi connectivity index (χ0v) is 6.17. The van der Waals surface area contributed by atoms with Gasteiger partial charge in [0.05, 0.1) is 6.42 Å². The maximum Gasteiger partial charge on any atom is 0.318 e. The summed E-state index contributed by atoms with van der Waals surface area (Å²) in [5, 5.41) is 1.97. The van der Waals surface area contributed by atoms with Crippen molar-refractivity contribution in [2.24, 2.45) is 11.7 Å². The predicted octanol–water partition coefficient (Wildman–Crippen LogP) is 0.186. The summed E-state index contributed by atoms with van der Waals surface area (Å²) in [5.41, 5.74) is 4.72. The van der Waals surface area contributed by atoms with Gasteiger partial charge in [0.1, 0.15) is 0 Å². The molecular weight excluding hydrogens is 144 g/mol. The highest BCUT2D eigenvalue weighted by Crippen LogP contribution is 2.32. The molecule has 0 bridgehead atoms. The topological polar surface area (TPSA) is 72.2 Å². The molecule has 0 heterocycles. The fourth-order valence-electron chi connectivity index (χ4n) is 0.800. The fourth-order valence-corrected chi connectivity index (χ4v) is 0.800. The first-order valence-electron chi connectivity index (χ1n) is 3.62. The van der Waals surface area contributed by atoms with Crippen molar-refractivity contribution in [3.63, 3.8) is 0 Å². The number of carbonyl (C=O) groups excluding carboxylic acids is 2. The van der Waals surface area contributed by atoms with Gasteiger partial charge in [-0.3, -0.25) is 10.1 Å². The Labute approximate surface area is 65.1 Å². The minimum Gasteiger partial charge on any atom is -0.351 e. The molecule has 1 aliphatic rings. The lowest BCUT2D eigenvalue weighted by molar-refractivity contribution is -0.116. The quantitative estimate of drug-likeness (QED) is 0.610. The van der Waals surface area contributed by atoms with Gasteiger partial charge in [-0.1, -0.05) is 12.8 Å². The van der Waals surface area contributed by atoms with E-state index in [9.17, 15) is 9.59 Å². The molecule has 4 nitrogen and oxygen atoms in total. The van der Waals surface area contributed by atoms with Gasteiger partial charge in [-0.2, -0.15) is 0 Å². The third kappa shape index (κ3) is 3.60. The zero-order valence-electron chi connectivity index (χ0n) is 6.17. The van der Waals surface area contributed by atoms with Crippen LogP contribution in [0.25, 0.3) is 0 Å². The molecule has 1 rings (SSSR count). The Morgan fingerprint density at radius 1 is 1.55 bits per heavy atom. The van der Waals surface area contributed by atoms with Crippen molar-refractivity contribution in [1.29, 1.82) is 0 Å². The molecule has 3 amide bonds. The van der Waals surface area contributed by atoms with Crippen molar-refractivity contribution in [2.75, 3.05) is 0 Å². The van der Waals surface area contributed by atoms with Crippen LogP contribution in [0, 0.1) is 12.3 Å². The first kappa shape index (κ1) is 8.04. The van der Waals surface area contributed by atoms with Gasteiger partial charge in [0.2, 0.25) is 5.91 Å². The predicted molar refractivity (Wildman–Crippen MR) is 39.4 cm³/mol. The van der Waals surface area contributed by atoms with Crippen LogP contribution in [0.4, 0.5) is 4.79 Å². The molecule has 1 fully saturated rings. The van der Waals surface area contributed by atoms with E-state index in [2.05, 4.69) is 0 Å². The number of nitrogens with two attached hydrogens (primary N) is 1. The first-order valence-corrected chi connectivity index (χ1v) is 3.62. The minimum absolute atomic E-state index is 0.385. The molecule has 4 heteroatoms. The van der Waals surface area contributed by atoms with E-state index < -0.39 is 6.03 Å². The number of carbonyl (C=O) groups is 2. The summed E-state index contributed by atoms with van der Waals surface area (Å²) < 4.78 is 0. The van der Waals surface area contributed by atoms with Crippen molar-refractivity contribution in [2.45, 2.75) is 19.3 Å². The number of imide groups is 1. The third-order valence-corrected chi connectivity index (χ3v) is 1.58. The van der Waals surface area contributed by atoms with Gasteiger partial charge in [-0.15, -0.1) is 0 Å². The molecule has 0 aliphatic heterocycles. The summed E-state index contributed by atoms with van der Waals surface area (Å²) in [6.45, 7) is 0. The number of hydrogen-bond donors (Lipinski definition) is 2. The second kappa shape index (κ2) is 3.37. The molecule has 1 aliphatic carbocycles. The largest absolute Gasteiger partial charge is 0.351 e. The van der Waals surface area contributed by atoms with E-state index in [1.807, 2.05) is 5.32 Å². The summed E-state index contributed by atoms with van der Waals surface area (Å²) >= 11 is 0. The fraction of sp³-hybridized carbons (Fsp3) is 0.571. The maximum absolute atomic E-state index is 10.7. The van der Waals surface area contributed by atoms with E-state index in [-0.39, 0.29) is 5.91 Å². The van der Waals surface area contributed by atoms with Crippen LogP contribution >= 0.6 is 0 Å². The second-order valence-electron chi connectivity index (χ2n) is 2.74. The van der Waals surface area contributed by atoms with Gasteiger partial charge < -0.3 is 5.73 Å². The number of nitrogens with one attached hydrogen (secondary N) is 1. The maximum atomic E-state index is 10.7. The Bertz CT molecular complexity index is 175. The van der Waals surface area contributed by atoms with Crippen molar-refractivity contribution >= 4 is 11.9 Å². The Hall–Kier alpha value is -1.06. The number of rotatable bonds is 3. The van der Waals surface area contributed by atoms with Crippen LogP contribution in [-0.2, 0) is 4.79 Å². The molecule has 1 saturated carbocycles. The average molecular weight is 155 g/mol. The number of primary amides is 1. The molecule has 0 atom stereocenters. The van der Waals surface area contributed by atoms with Crippen LogP contribution in [0.15, 0.2) is 0 Å². The normalized spacial score (nSPS) is 16.0. The molecule has 0 aromatic rings. The highest BCUT2D eigenvalue weighted by atomic mass is 16.2. The minimum atomic E-state index is -0.790. The molecule has 0 spiro atoms. The van der Waals surface area contributed by atoms with Gasteiger partial charge in [-0.05, 0) is 12.3 Å². The van der Waals surface area contributed by atoms with Crippen molar-refractivity contribution < 1.29 is 9.59 Å². The Kier molecular flexibility index (Phi) is 2.46. The highest BCUT2D eigenvalue weighted by Gasteiger charge is 2.22. The monoisotopic (exact) mass is 155 g/mol. The standard InChI is InChI=1S/C7H11N2O2/c8-7(11)9-6(10)4-3-5-1-2-5/h4-5H,1-3H2,(H3,8,9,10,11). The second-order valence-corrected chi connectivity index (χ2v) is 2.74. The van der Waals surface area contributed by atoms with Gasteiger partial charge in [0.15, 0.2) is 0 Å². The highest BCUT2D eigenvalue weighted by molar-refractivity contribution is 5.97. The van der Waals surface area contributed by atoms with Crippen molar-refractivity contribution in [1.82, 2.24) is 5.32 Å². The van der Waals surface area contributed by atoms with Gasteiger partial charge in [0.25, 0.3) is 0 Å². The summed E-state index contributed by atoms with van der Waals surface area (Å²) in [7, 11) is 0. The van der Waals surface area contributed by atoms with Crippen LogP contribution in [0.1, 0.15) is 19.3 Å². The van der Waals surface area contributed by atoms with E-state index in [1.54, 1.807) is 0 Å². The first-order chi connectivity index (χ1) is 5.18. The molecule has 61 valence electrons. The Morgan fingerprint density at radius 2 is 2.18 bits per heavy atom. The molecule has 1 radical (unpaired) electrons. The smallest absolute Gasteiger partial charge is 0.318 e. The van der Waals surface area contributed by atoms with Crippen LogP contribution < -0.4 is 11.1 Å². The summed E-state index contributed by atoms with van der Waals surface area (Å²) in [6, 6.07) is -0.790. The van der Waals surface area contributed by atoms with Crippen LogP contribution in [0.5, 0.6) is 0 Å². The molecule has 0 saturated heterocycles. The average Bonchev–Trinajstić information content (AvgIpc) is 2.63. The van der Waals surface area contributed by atoms with Crippen molar-refractivity contribution in [3.8, 4) is 0 Å². The van der Waals surface area contributed by atoms with Crippen LogP contribution in [0.3, 0.4) is 0 Å². The lowest BCUT2D eigenvalue weighted by Crippen LogP contribution is -2.35. The SMILES string of the molecule is NC(=O)NC(=O)[CH]CC1CC1.